The minimum absolute atomic E-state index is 0.440. The zero-order valence-electron chi connectivity index (χ0n) is 13.3. The van der Waals surface area contributed by atoms with Crippen molar-refractivity contribution in [2.45, 2.75) is 51.2 Å². The van der Waals surface area contributed by atoms with Gasteiger partial charge in [-0.2, -0.15) is 0 Å². The third-order valence-corrected chi connectivity index (χ3v) is 5.23. The second-order valence-corrected chi connectivity index (χ2v) is 6.67. The van der Waals surface area contributed by atoms with Gasteiger partial charge in [-0.15, -0.1) is 0 Å². The smallest absolute Gasteiger partial charge is 0.0237 e. The molecule has 2 heterocycles. The van der Waals surface area contributed by atoms with E-state index >= 15 is 0 Å². The lowest BCUT2D eigenvalue weighted by Crippen LogP contribution is -2.46. The van der Waals surface area contributed by atoms with Gasteiger partial charge >= 0.3 is 0 Å². The van der Waals surface area contributed by atoms with Crippen LogP contribution in [0.1, 0.15) is 37.3 Å². The van der Waals surface area contributed by atoms with Crippen LogP contribution in [-0.2, 0) is 13.0 Å². The number of piperidine rings is 1. The molecule has 0 aliphatic carbocycles. The van der Waals surface area contributed by atoms with E-state index in [4.69, 9.17) is 5.73 Å². The number of hydrogen-bond donors (Lipinski definition) is 1. The fourth-order valence-electron chi connectivity index (χ4n) is 3.84. The summed E-state index contributed by atoms with van der Waals surface area (Å²) in [5.41, 5.74) is 9.04. The van der Waals surface area contributed by atoms with Gasteiger partial charge in [-0.3, -0.25) is 9.80 Å². The summed E-state index contributed by atoms with van der Waals surface area (Å²) in [6, 6.07) is 10.1. The number of rotatable bonds is 4. The Hall–Kier alpha value is -0.900. The van der Waals surface area contributed by atoms with Crippen LogP contribution < -0.4 is 5.73 Å². The molecule has 0 aromatic heterocycles. The van der Waals surface area contributed by atoms with Gasteiger partial charge in [0.1, 0.15) is 0 Å². The van der Waals surface area contributed by atoms with Crippen LogP contribution in [0, 0.1) is 0 Å². The van der Waals surface area contributed by atoms with E-state index in [1.165, 1.54) is 56.6 Å². The lowest BCUT2D eigenvalue weighted by molar-refractivity contribution is 0.151. The van der Waals surface area contributed by atoms with Gasteiger partial charge in [0.05, 0.1) is 0 Å². The van der Waals surface area contributed by atoms with Crippen molar-refractivity contribution in [1.82, 2.24) is 9.80 Å². The zero-order valence-corrected chi connectivity index (χ0v) is 13.3. The molecule has 21 heavy (non-hydrogen) atoms. The summed E-state index contributed by atoms with van der Waals surface area (Å²) in [4.78, 5) is 5.31. The Bertz CT molecular complexity index is 452. The van der Waals surface area contributed by atoms with E-state index in [9.17, 15) is 0 Å². The van der Waals surface area contributed by atoms with Crippen molar-refractivity contribution in [3.63, 3.8) is 0 Å². The summed E-state index contributed by atoms with van der Waals surface area (Å²) < 4.78 is 0. The molecular weight excluding hydrogens is 258 g/mol. The molecule has 0 spiro atoms. The van der Waals surface area contributed by atoms with Gasteiger partial charge in [0.15, 0.2) is 0 Å². The normalized spacial score (nSPS) is 25.5. The van der Waals surface area contributed by atoms with Gasteiger partial charge in [-0.05, 0) is 49.9 Å². The quantitative estimate of drug-likeness (QED) is 0.922. The van der Waals surface area contributed by atoms with E-state index in [1.54, 1.807) is 0 Å². The molecule has 1 aromatic carbocycles. The average molecular weight is 287 g/mol. The molecule has 0 saturated carbocycles. The Morgan fingerprint density at radius 3 is 2.48 bits per heavy atom. The summed E-state index contributed by atoms with van der Waals surface area (Å²) >= 11 is 0. The van der Waals surface area contributed by atoms with Crippen LogP contribution in [0.15, 0.2) is 24.3 Å². The van der Waals surface area contributed by atoms with Crippen molar-refractivity contribution in [2.75, 3.05) is 26.2 Å². The summed E-state index contributed by atoms with van der Waals surface area (Å²) in [5.74, 6) is 0. The largest absolute Gasteiger partial charge is 0.328 e. The first-order valence-corrected chi connectivity index (χ1v) is 8.55. The first kappa shape index (κ1) is 15.0. The number of nitrogens with zero attached hydrogens (tertiary/aromatic N) is 2. The van der Waals surface area contributed by atoms with E-state index in [-0.39, 0.29) is 0 Å². The predicted octanol–water partition coefficient (Wildman–Crippen LogP) is 2.25. The van der Waals surface area contributed by atoms with Crippen LogP contribution in [0.25, 0.3) is 0 Å². The second kappa shape index (κ2) is 6.91. The molecule has 2 saturated heterocycles. The molecular formula is C18H29N3. The Kier molecular flexibility index (Phi) is 4.94. The summed E-state index contributed by atoms with van der Waals surface area (Å²) in [7, 11) is 0. The maximum atomic E-state index is 6.02. The van der Waals surface area contributed by atoms with Crippen molar-refractivity contribution in [1.29, 1.82) is 0 Å². The van der Waals surface area contributed by atoms with Crippen molar-refractivity contribution < 1.29 is 0 Å². The van der Waals surface area contributed by atoms with Crippen LogP contribution in [0.3, 0.4) is 0 Å². The van der Waals surface area contributed by atoms with Crippen molar-refractivity contribution in [3.8, 4) is 0 Å². The summed E-state index contributed by atoms with van der Waals surface area (Å²) in [6.07, 6.45) is 4.81. The Morgan fingerprint density at radius 2 is 1.76 bits per heavy atom. The number of aryl methyl sites for hydroxylation is 1. The van der Waals surface area contributed by atoms with Gasteiger partial charge in [-0.1, -0.05) is 31.2 Å². The topological polar surface area (TPSA) is 32.5 Å². The van der Waals surface area contributed by atoms with Gasteiger partial charge < -0.3 is 5.73 Å². The fraction of sp³-hybridized carbons (Fsp3) is 0.667. The van der Waals surface area contributed by atoms with Gasteiger partial charge in [0, 0.05) is 31.7 Å². The van der Waals surface area contributed by atoms with Crippen molar-refractivity contribution in [3.05, 3.63) is 35.4 Å². The average Bonchev–Trinajstić information content (AvgIpc) is 2.97. The molecule has 3 rings (SSSR count). The first-order valence-electron chi connectivity index (χ1n) is 8.55. The van der Waals surface area contributed by atoms with E-state index in [1.807, 2.05) is 0 Å². The van der Waals surface area contributed by atoms with Crippen molar-refractivity contribution >= 4 is 0 Å². The predicted molar refractivity (Wildman–Crippen MR) is 88.3 cm³/mol. The Balaban J connectivity index is 1.55. The Labute approximate surface area is 129 Å². The molecule has 2 aliphatic rings. The van der Waals surface area contributed by atoms with E-state index in [2.05, 4.69) is 41.0 Å². The second-order valence-electron chi connectivity index (χ2n) is 6.67. The highest BCUT2D eigenvalue weighted by Gasteiger charge is 2.29. The van der Waals surface area contributed by atoms with Gasteiger partial charge in [0.2, 0.25) is 0 Å². The molecule has 0 amide bonds. The molecule has 0 radical (unpaired) electrons. The third kappa shape index (κ3) is 3.65. The highest BCUT2D eigenvalue weighted by Crippen LogP contribution is 2.22. The number of hydrogen-bond acceptors (Lipinski definition) is 3. The van der Waals surface area contributed by atoms with Gasteiger partial charge in [0.25, 0.3) is 0 Å². The van der Waals surface area contributed by atoms with Crippen LogP contribution >= 0.6 is 0 Å². The maximum absolute atomic E-state index is 6.02. The molecule has 1 unspecified atom stereocenters. The number of likely N-dealkylation sites (tertiary alicyclic amines) is 2. The molecule has 1 aromatic rings. The van der Waals surface area contributed by atoms with Crippen LogP contribution in [0.2, 0.25) is 0 Å². The molecule has 3 nitrogen and oxygen atoms in total. The van der Waals surface area contributed by atoms with E-state index in [0.717, 1.165) is 19.0 Å². The zero-order chi connectivity index (χ0) is 14.7. The van der Waals surface area contributed by atoms with Crippen LogP contribution in [0.5, 0.6) is 0 Å². The number of nitrogens with two attached hydrogens (primary N) is 1. The number of benzene rings is 1. The summed E-state index contributed by atoms with van der Waals surface area (Å²) in [5, 5.41) is 0. The molecule has 1 atom stereocenters. The molecule has 2 aliphatic heterocycles. The molecule has 3 heteroatoms. The van der Waals surface area contributed by atoms with E-state index < -0.39 is 0 Å². The van der Waals surface area contributed by atoms with Gasteiger partial charge in [-0.25, -0.2) is 0 Å². The first-order chi connectivity index (χ1) is 10.3. The van der Waals surface area contributed by atoms with Crippen LogP contribution in [0.4, 0.5) is 0 Å². The maximum Gasteiger partial charge on any atom is 0.0237 e. The minimum Gasteiger partial charge on any atom is -0.328 e. The lowest BCUT2D eigenvalue weighted by Gasteiger charge is -2.34. The molecule has 2 N–H and O–H groups in total. The highest BCUT2D eigenvalue weighted by atomic mass is 15.3. The monoisotopic (exact) mass is 287 g/mol. The lowest BCUT2D eigenvalue weighted by atomic mass is 10.0. The molecule has 116 valence electrons. The highest BCUT2D eigenvalue weighted by molar-refractivity contribution is 5.27. The summed E-state index contributed by atoms with van der Waals surface area (Å²) in [6.45, 7) is 8.24. The van der Waals surface area contributed by atoms with E-state index in [0.29, 0.717) is 6.04 Å². The fourth-order valence-corrected chi connectivity index (χ4v) is 3.84. The molecule has 2 fully saturated rings. The Morgan fingerprint density at radius 1 is 1.05 bits per heavy atom. The molecule has 0 bridgehead atoms. The third-order valence-electron chi connectivity index (χ3n) is 5.23. The van der Waals surface area contributed by atoms with Crippen LogP contribution in [-0.4, -0.2) is 48.1 Å². The minimum atomic E-state index is 0.440. The standard InChI is InChI=1S/C18H29N3/c1-2-15-5-3-4-6-16(15)13-20-10-9-18(14-20)21-11-7-17(19)8-12-21/h3-6,17-18H,2,7-14,19H2,1H3. The van der Waals surface area contributed by atoms with Crippen molar-refractivity contribution in [2.24, 2.45) is 5.73 Å². The SMILES string of the molecule is CCc1ccccc1CN1CCC(N2CCC(N)CC2)C1.